The summed E-state index contributed by atoms with van der Waals surface area (Å²) in [5.41, 5.74) is 0.466. The van der Waals surface area contributed by atoms with E-state index in [-0.39, 0.29) is 27.8 Å². The number of benzene rings is 5. The Kier molecular flexibility index (Phi) is 14.5. The fraction of sp³-hybridized carbons (Fsp3) is 0.146. The third-order valence-electron chi connectivity index (χ3n) is 8.39. The molecule has 0 bridgehead atoms. The van der Waals surface area contributed by atoms with Gasteiger partial charge in [0.05, 0.1) is 27.8 Å². The Hall–Kier alpha value is -4.19. The molecule has 5 atom stereocenters. The van der Waals surface area contributed by atoms with E-state index in [1.165, 1.54) is 30.3 Å². The highest BCUT2D eigenvalue weighted by molar-refractivity contribution is 9.11. The maximum atomic E-state index is 14.0. The fourth-order valence-electron chi connectivity index (χ4n) is 5.61. The van der Waals surface area contributed by atoms with Gasteiger partial charge in [-0.2, -0.15) is 0 Å². The molecule has 0 N–H and O–H groups in total. The minimum Gasteiger partial charge on any atom is -0.459 e. The van der Waals surface area contributed by atoms with Crippen LogP contribution in [-0.4, -0.2) is 67.2 Å². The third kappa shape index (κ3) is 10.3. The van der Waals surface area contributed by atoms with Crippen LogP contribution in [0.3, 0.4) is 0 Å². The molecule has 1 heterocycles. The zero-order valence-corrected chi connectivity index (χ0v) is 37.0. The molecule has 0 aromatic heterocycles. The summed E-state index contributed by atoms with van der Waals surface area (Å²) < 4.78 is 38.1. The summed E-state index contributed by atoms with van der Waals surface area (Å²) in [7, 11) is 0. The molecule has 292 valence electrons. The summed E-state index contributed by atoms with van der Waals surface area (Å²) in [6.45, 7) is -0.620. The maximum Gasteiger partial charge on any atom is 0.341 e. The van der Waals surface area contributed by atoms with E-state index in [1.807, 2.05) is 0 Å². The van der Waals surface area contributed by atoms with Gasteiger partial charge in [-0.25, -0.2) is 24.0 Å². The van der Waals surface area contributed by atoms with Crippen LogP contribution < -0.4 is 0 Å². The second-order valence-electron chi connectivity index (χ2n) is 12.1. The lowest BCUT2D eigenvalue weighted by molar-refractivity contribution is -0.282. The molecule has 1 aliphatic rings. The summed E-state index contributed by atoms with van der Waals surface area (Å²) in [6.07, 6.45) is -8.51. The summed E-state index contributed by atoms with van der Waals surface area (Å²) in [5, 5.41) is 0. The molecule has 0 radical (unpaired) electrons. The second-order valence-corrected chi connectivity index (χ2v) is 16.3. The Morgan fingerprint density at radius 1 is 0.404 bits per heavy atom. The molecule has 1 saturated heterocycles. The van der Waals surface area contributed by atoms with Crippen molar-refractivity contribution in [1.29, 1.82) is 0 Å². The van der Waals surface area contributed by atoms with Crippen molar-refractivity contribution in [2.75, 3.05) is 6.61 Å². The molecule has 0 aliphatic carbocycles. The van der Waals surface area contributed by atoms with E-state index in [2.05, 4.69) is 79.6 Å². The number of carbonyl (C=O) groups excluding carboxylic acids is 5. The first-order valence-electron chi connectivity index (χ1n) is 16.8. The van der Waals surface area contributed by atoms with Crippen molar-refractivity contribution in [1.82, 2.24) is 0 Å². The Bertz CT molecular complexity index is 2320. The zero-order chi connectivity index (χ0) is 40.6. The first kappa shape index (κ1) is 42.4. The molecule has 1 fully saturated rings. The van der Waals surface area contributed by atoms with Crippen molar-refractivity contribution in [3.63, 3.8) is 0 Å². The molecule has 16 heteroatoms. The van der Waals surface area contributed by atoms with Gasteiger partial charge in [-0.3, -0.25) is 0 Å². The van der Waals surface area contributed by atoms with Crippen molar-refractivity contribution in [2.24, 2.45) is 0 Å². The average molecular weight is 1100 g/mol. The summed E-state index contributed by atoms with van der Waals surface area (Å²) in [4.78, 5) is 69.1. The summed E-state index contributed by atoms with van der Waals surface area (Å²) in [6, 6.07) is 32.1. The van der Waals surface area contributed by atoms with Crippen LogP contribution in [0.25, 0.3) is 0 Å². The minimum absolute atomic E-state index is 0.0643. The van der Waals surface area contributed by atoms with Crippen LogP contribution in [0.2, 0.25) is 0 Å². The SMILES string of the molecule is O=C(OC[C@H]1OC(OC(=O)c2ccccc2Br)[C@H](OC(=O)c2ccccc2Br)[C@@H](OC(=O)c2ccccc2Br)[C@@H]1OC(=O)c1ccccc1Br)c1ccccc1Br. The average Bonchev–Trinajstić information content (AvgIpc) is 3.19. The van der Waals surface area contributed by atoms with Crippen LogP contribution >= 0.6 is 79.6 Å². The van der Waals surface area contributed by atoms with Gasteiger partial charge in [0, 0.05) is 22.4 Å². The van der Waals surface area contributed by atoms with Gasteiger partial charge >= 0.3 is 29.8 Å². The van der Waals surface area contributed by atoms with Gasteiger partial charge in [0.1, 0.15) is 12.7 Å². The predicted molar refractivity (Wildman–Crippen MR) is 223 cm³/mol. The van der Waals surface area contributed by atoms with E-state index in [9.17, 15) is 24.0 Å². The lowest BCUT2D eigenvalue weighted by Gasteiger charge is -2.44. The minimum atomic E-state index is -1.83. The number of halogens is 5. The molecule has 11 nitrogen and oxygen atoms in total. The summed E-state index contributed by atoms with van der Waals surface area (Å²) in [5.74, 6) is -4.47. The molecule has 6 rings (SSSR count). The predicted octanol–water partition coefficient (Wildman–Crippen LogP) is 9.91. The number of esters is 5. The standard InChI is InChI=1S/C41H27Br5O11/c42-27-16-6-1-11-22(27)36(47)52-21-32-33(54-37(48)23-12-2-7-17-28(23)43)34(55-38(49)24-13-3-8-18-29(24)44)35(56-39(50)25-14-4-9-19-30(25)45)41(53-32)57-40(51)26-15-5-10-20-31(26)46/h1-20,32-35,41H,21H2/t32-,33-,34+,35-,41?/m1/s1. The Balaban J connectivity index is 1.47. The molecule has 5 aromatic carbocycles. The van der Waals surface area contributed by atoms with Gasteiger partial charge in [-0.1, -0.05) is 60.7 Å². The topological polar surface area (TPSA) is 141 Å². The van der Waals surface area contributed by atoms with Crippen molar-refractivity contribution < 1.29 is 52.4 Å². The highest BCUT2D eigenvalue weighted by atomic mass is 79.9. The molecule has 0 saturated carbocycles. The molecular weight excluding hydrogens is 1070 g/mol. The van der Waals surface area contributed by atoms with Crippen molar-refractivity contribution in [2.45, 2.75) is 30.7 Å². The van der Waals surface area contributed by atoms with Crippen LogP contribution in [0.5, 0.6) is 0 Å². The number of ether oxygens (including phenoxy) is 6. The monoisotopic (exact) mass is 1090 g/mol. The van der Waals surface area contributed by atoms with Gasteiger partial charge in [0.2, 0.25) is 12.4 Å². The molecule has 1 aliphatic heterocycles. The highest BCUT2D eigenvalue weighted by Gasteiger charge is 2.55. The smallest absolute Gasteiger partial charge is 0.341 e. The van der Waals surface area contributed by atoms with Gasteiger partial charge < -0.3 is 28.4 Å². The number of hydrogen-bond acceptors (Lipinski definition) is 11. The quantitative estimate of drug-likeness (QED) is 0.0922. The maximum absolute atomic E-state index is 14.0. The number of hydrogen-bond donors (Lipinski definition) is 0. The lowest BCUT2D eigenvalue weighted by atomic mass is 9.97. The van der Waals surface area contributed by atoms with Crippen molar-refractivity contribution >= 4 is 109 Å². The molecule has 0 amide bonds. The van der Waals surface area contributed by atoms with Gasteiger partial charge in [-0.05, 0) is 140 Å². The fourth-order valence-corrected chi connectivity index (χ4v) is 7.84. The third-order valence-corrected chi connectivity index (χ3v) is 11.8. The molecule has 5 aromatic rings. The van der Waals surface area contributed by atoms with Crippen LogP contribution in [0, 0.1) is 0 Å². The Morgan fingerprint density at radius 3 is 1.07 bits per heavy atom. The lowest BCUT2D eigenvalue weighted by Crippen LogP contribution is -2.63. The number of rotatable bonds is 11. The van der Waals surface area contributed by atoms with Crippen LogP contribution in [-0.2, 0) is 28.4 Å². The van der Waals surface area contributed by atoms with Crippen molar-refractivity contribution in [3.8, 4) is 0 Å². The van der Waals surface area contributed by atoms with E-state index in [0.29, 0.717) is 22.4 Å². The Morgan fingerprint density at radius 2 is 0.702 bits per heavy atom. The first-order valence-corrected chi connectivity index (χ1v) is 20.8. The molecule has 0 spiro atoms. The van der Waals surface area contributed by atoms with Gasteiger partial charge in [-0.15, -0.1) is 0 Å². The molecule has 1 unspecified atom stereocenters. The Labute approximate surface area is 367 Å². The van der Waals surface area contributed by atoms with Crippen molar-refractivity contribution in [3.05, 3.63) is 172 Å². The summed E-state index contributed by atoms with van der Waals surface area (Å²) >= 11 is 16.8. The second kappa shape index (κ2) is 19.5. The van der Waals surface area contributed by atoms with Crippen LogP contribution in [0.15, 0.2) is 144 Å². The van der Waals surface area contributed by atoms with Gasteiger partial charge in [0.25, 0.3) is 0 Å². The van der Waals surface area contributed by atoms with Gasteiger partial charge in [0.15, 0.2) is 12.2 Å². The van der Waals surface area contributed by atoms with Crippen LogP contribution in [0.4, 0.5) is 0 Å². The largest absolute Gasteiger partial charge is 0.459 e. The highest BCUT2D eigenvalue weighted by Crippen LogP contribution is 2.34. The van der Waals surface area contributed by atoms with E-state index in [0.717, 1.165) is 0 Å². The van der Waals surface area contributed by atoms with E-state index < -0.39 is 67.2 Å². The zero-order valence-electron chi connectivity index (χ0n) is 29.0. The first-order chi connectivity index (χ1) is 27.4. The normalized spacial score (nSPS) is 18.8. The molecular formula is C41H27Br5O11. The molecule has 57 heavy (non-hydrogen) atoms. The van der Waals surface area contributed by atoms with E-state index in [1.54, 1.807) is 91.0 Å². The van der Waals surface area contributed by atoms with E-state index in [4.69, 9.17) is 28.4 Å². The number of carbonyl (C=O) groups is 5. The van der Waals surface area contributed by atoms with E-state index >= 15 is 0 Å². The van der Waals surface area contributed by atoms with Crippen LogP contribution in [0.1, 0.15) is 51.8 Å².